The second kappa shape index (κ2) is 7.91. The molecule has 3 aromatic rings. The van der Waals surface area contributed by atoms with Crippen LogP contribution in [0.15, 0.2) is 40.1 Å². The van der Waals surface area contributed by atoms with E-state index in [4.69, 9.17) is 4.42 Å². The summed E-state index contributed by atoms with van der Waals surface area (Å²) in [6.45, 7) is 3.47. The molecule has 3 rings (SSSR count). The summed E-state index contributed by atoms with van der Waals surface area (Å²) in [6, 6.07) is 4.51. The second-order valence-electron chi connectivity index (χ2n) is 6.00. The van der Waals surface area contributed by atoms with Crippen molar-refractivity contribution in [2.24, 2.45) is 7.05 Å². The predicted molar refractivity (Wildman–Crippen MR) is 97.1 cm³/mol. The van der Waals surface area contributed by atoms with Gasteiger partial charge in [0.2, 0.25) is 5.91 Å². The average molecular weight is 392 g/mol. The highest BCUT2D eigenvalue weighted by atomic mass is 32.2. The van der Waals surface area contributed by atoms with Gasteiger partial charge in [0, 0.05) is 18.7 Å². The lowest BCUT2D eigenvalue weighted by atomic mass is 10.1. The minimum Gasteiger partial charge on any atom is -0.469 e. The van der Waals surface area contributed by atoms with E-state index in [0.29, 0.717) is 11.0 Å². The zero-order valence-electron chi connectivity index (χ0n) is 15.0. The molecule has 2 aromatic heterocycles. The van der Waals surface area contributed by atoms with Gasteiger partial charge in [0.05, 0.1) is 23.6 Å². The maximum atomic E-state index is 13.8. The fourth-order valence-corrected chi connectivity index (χ4v) is 3.36. The maximum Gasteiger partial charge on any atom is 0.230 e. The van der Waals surface area contributed by atoms with Crippen LogP contribution in [0.4, 0.5) is 8.78 Å². The molecule has 142 valence electrons. The Bertz CT molecular complexity index is 970. The molecule has 27 heavy (non-hydrogen) atoms. The molecule has 0 aliphatic rings. The van der Waals surface area contributed by atoms with Crippen molar-refractivity contribution in [3.63, 3.8) is 0 Å². The molecule has 1 amide bonds. The molecule has 1 unspecified atom stereocenters. The molecule has 0 fully saturated rings. The van der Waals surface area contributed by atoms with E-state index in [1.807, 2.05) is 6.92 Å². The van der Waals surface area contributed by atoms with E-state index >= 15 is 0 Å². The van der Waals surface area contributed by atoms with E-state index in [1.165, 1.54) is 17.8 Å². The Labute approximate surface area is 159 Å². The monoisotopic (exact) mass is 392 g/mol. The van der Waals surface area contributed by atoms with Crippen LogP contribution in [0, 0.1) is 18.6 Å². The van der Waals surface area contributed by atoms with Crippen LogP contribution in [-0.2, 0) is 11.8 Å². The Morgan fingerprint density at radius 2 is 2.11 bits per heavy atom. The molecule has 0 radical (unpaired) electrons. The highest BCUT2D eigenvalue weighted by Crippen LogP contribution is 2.26. The summed E-state index contributed by atoms with van der Waals surface area (Å²) in [5.41, 5.74) is 1.06. The Balaban J connectivity index is 1.61. The zero-order valence-corrected chi connectivity index (χ0v) is 15.8. The van der Waals surface area contributed by atoms with E-state index in [1.54, 1.807) is 30.9 Å². The molecule has 0 saturated carbocycles. The number of nitrogens with one attached hydrogen (secondary N) is 1. The number of hydrogen-bond acceptors (Lipinski definition) is 5. The number of amides is 1. The smallest absolute Gasteiger partial charge is 0.230 e. The average Bonchev–Trinajstić information content (AvgIpc) is 3.18. The van der Waals surface area contributed by atoms with Crippen LogP contribution in [-0.4, -0.2) is 26.4 Å². The summed E-state index contributed by atoms with van der Waals surface area (Å²) in [6.07, 6.45) is 1.58. The van der Waals surface area contributed by atoms with Crippen LogP contribution in [0.1, 0.15) is 24.3 Å². The van der Waals surface area contributed by atoms with Crippen molar-refractivity contribution in [1.82, 2.24) is 20.1 Å². The molecular weight excluding hydrogens is 374 g/mol. The number of rotatable bonds is 6. The van der Waals surface area contributed by atoms with Crippen LogP contribution in [0.2, 0.25) is 0 Å². The summed E-state index contributed by atoms with van der Waals surface area (Å²) in [5, 5.41) is 11.5. The Morgan fingerprint density at radius 1 is 1.33 bits per heavy atom. The van der Waals surface area contributed by atoms with Gasteiger partial charge in [-0.1, -0.05) is 17.8 Å². The van der Waals surface area contributed by atoms with E-state index in [-0.39, 0.29) is 17.2 Å². The van der Waals surface area contributed by atoms with Crippen molar-refractivity contribution < 1.29 is 18.0 Å². The van der Waals surface area contributed by atoms with Gasteiger partial charge >= 0.3 is 0 Å². The first kappa shape index (κ1) is 19.1. The van der Waals surface area contributed by atoms with Crippen molar-refractivity contribution in [3.8, 4) is 11.4 Å². The van der Waals surface area contributed by atoms with Gasteiger partial charge in [-0.25, -0.2) is 8.78 Å². The van der Waals surface area contributed by atoms with Gasteiger partial charge in [-0.05, 0) is 26.0 Å². The van der Waals surface area contributed by atoms with Crippen molar-refractivity contribution in [3.05, 3.63) is 53.5 Å². The van der Waals surface area contributed by atoms with Crippen molar-refractivity contribution in [2.75, 3.05) is 5.75 Å². The summed E-state index contributed by atoms with van der Waals surface area (Å²) in [5.74, 6) is -0.176. The number of benzene rings is 1. The largest absolute Gasteiger partial charge is 0.469 e. The quantitative estimate of drug-likeness (QED) is 0.649. The topological polar surface area (TPSA) is 72.9 Å². The molecule has 6 nitrogen and oxygen atoms in total. The van der Waals surface area contributed by atoms with Crippen LogP contribution < -0.4 is 5.32 Å². The molecule has 1 aromatic carbocycles. The predicted octanol–water partition coefficient (Wildman–Crippen LogP) is 3.63. The lowest BCUT2D eigenvalue weighted by molar-refractivity contribution is -0.119. The van der Waals surface area contributed by atoms with Gasteiger partial charge in [0.1, 0.15) is 17.4 Å². The lowest BCUT2D eigenvalue weighted by Gasteiger charge is -2.15. The first-order chi connectivity index (χ1) is 12.9. The van der Waals surface area contributed by atoms with Gasteiger partial charge in [-0.2, -0.15) is 0 Å². The molecule has 0 saturated heterocycles. The van der Waals surface area contributed by atoms with Gasteiger partial charge in [0.15, 0.2) is 11.0 Å². The van der Waals surface area contributed by atoms with Crippen molar-refractivity contribution in [1.29, 1.82) is 0 Å². The van der Waals surface area contributed by atoms with E-state index in [2.05, 4.69) is 15.5 Å². The third kappa shape index (κ3) is 4.19. The van der Waals surface area contributed by atoms with Crippen LogP contribution in [0.5, 0.6) is 0 Å². The van der Waals surface area contributed by atoms with Crippen LogP contribution in [0.25, 0.3) is 11.4 Å². The number of aromatic nitrogens is 3. The first-order valence-corrected chi connectivity index (χ1v) is 9.16. The minimum atomic E-state index is -0.691. The number of nitrogens with zero attached hydrogens (tertiary/aromatic N) is 3. The molecule has 2 heterocycles. The number of aryl methyl sites for hydroxylation is 1. The zero-order chi connectivity index (χ0) is 19.6. The summed E-state index contributed by atoms with van der Waals surface area (Å²) >= 11 is 1.22. The molecule has 9 heteroatoms. The summed E-state index contributed by atoms with van der Waals surface area (Å²) in [4.78, 5) is 12.2. The molecule has 1 N–H and O–H groups in total. The number of carbonyl (C=O) groups excluding carboxylic acids is 1. The Hall–Kier alpha value is -2.68. The molecule has 0 bridgehead atoms. The van der Waals surface area contributed by atoms with Crippen LogP contribution >= 0.6 is 11.8 Å². The van der Waals surface area contributed by atoms with Gasteiger partial charge < -0.3 is 14.3 Å². The maximum absolute atomic E-state index is 13.8. The lowest BCUT2D eigenvalue weighted by Crippen LogP contribution is -2.28. The Morgan fingerprint density at radius 3 is 2.78 bits per heavy atom. The third-order valence-electron chi connectivity index (χ3n) is 4.07. The molecule has 0 spiro atoms. The number of halogens is 2. The fourth-order valence-electron chi connectivity index (χ4n) is 2.64. The fraction of sp³-hybridized carbons (Fsp3) is 0.278. The van der Waals surface area contributed by atoms with Gasteiger partial charge in [-0.3, -0.25) is 4.79 Å². The number of furan rings is 1. The third-order valence-corrected chi connectivity index (χ3v) is 5.09. The van der Waals surface area contributed by atoms with Crippen LogP contribution in [0.3, 0.4) is 0 Å². The highest BCUT2D eigenvalue weighted by molar-refractivity contribution is 7.99. The Kier molecular flexibility index (Phi) is 5.59. The van der Waals surface area contributed by atoms with Gasteiger partial charge in [-0.15, -0.1) is 10.2 Å². The number of carbonyl (C=O) groups is 1. The molecular formula is C18H18F2N4O2S. The normalized spacial score (nSPS) is 12.2. The molecule has 1 atom stereocenters. The van der Waals surface area contributed by atoms with Crippen molar-refractivity contribution in [2.45, 2.75) is 25.0 Å². The van der Waals surface area contributed by atoms with E-state index in [9.17, 15) is 13.6 Å². The number of hydrogen-bond donors (Lipinski definition) is 1. The SMILES string of the molecule is Cc1occc1-c1nnc(SCC(=O)NC(C)c2ccc(F)cc2F)n1C. The summed E-state index contributed by atoms with van der Waals surface area (Å²) < 4.78 is 33.9. The number of thioether (sulfide) groups is 1. The highest BCUT2D eigenvalue weighted by Gasteiger charge is 2.18. The van der Waals surface area contributed by atoms with Crippen molar-refractivity contribution >= 4 is 17.7 Å². The minimum absolute atomic E-state index is 0.0868. The van der Waals surface area contributed by atoms with E-state index < -0.39 is 17.7 Å². The first-order valence-electron chi connectivity index (χ1n) is 8.17. The molecule has 0 aliphatic heterocycles. The summed E-state index contributed by atoms with van der Waals surface area (Å²) in [7, 11) is 1.80. The van der Waals surface area contributed by atoms with Gasteiger partial charge in [0.25, 0.3) is 0 Å². The molecule has 0 aliphatic carbocycles. The van der Waals surface area contributed by atoms with E-state index in [0.717, 1.165) is 23.5 Å². The second-order valence-corrected chi connectivity index (χ2v) is 6.94. The standard InChI is InChI=1S/C18H18F2N4O2S/c1-10(13-5-4-12(19)8-15(13)20)21-16(25)9-27-18-23-22-17(24(18)3)14-6-7-26-11(14)2/h4-8,10H,9H2,1-3H3,(H,21,25).